The molecule has 0 aliphatic rings. The van der Waals surface area contributed by atoms with Gasteiger partial charge in [0.05, 0.1) is 23.1 Å². The Morgan fingerprint density at radius 1 is 0.919 bits per heavy atom. The van der Waals surface area contributed by atoms with Crippen molar-refractivity contribution in [2.24, 2.45) is 0 Å². The zero-order valence-electron chi connectivity index (χ0n) is 21.1. The first-order valence-electron chi connectivity index (χ1n) is 12.3. The fourth-order valence-electron chi connectivity index (χ4n) is 4.63. The maximum atomic E-state index is 5.90. The summed E-state index contributed by atoms with van der Waals surface area (Å²) in [6.07, 6.45) is 5.45. The number of aromatic amines is 2. The van der Waals surface area contributed by atoms with E-state index in [9.17, 15) is 0 Å². The Morgan fingerprint density at radius 3 is 2.68 bits per heavy atom. The Labute approximate surface area is 215 Å². The molecule has 184 valence electrons. The smallest absolute Gasteiger partial charge is 0.138 e. The SMILES string of the molecule is Cc1ccc(-c2ccccn2)c2cc(-c3n[nH]c4ccc(-c5cncc(OCCN(C)C)c5)cc34)[nH]c12. The molecule has 0 saturated carbocycles. The summed E-state index contributed by atoms with van der Waals surface area (Å²) in [6, 6.07) is 20.8. The van der Waals surface area contributed by atoms with Crippen molar-refractivity contribution in [3.8, 4) is 39.5 Å². The predicted molar refractivity (Wildman–Crippen MR) is 149 cm³/mol. The third-order valence-corrected chi connectivity index (χ3v) is 6.61. The van der Waals surface area contributed by atoms with Crippen molar-refractivity contribution < 1.29 is 4.74 Å². The molecule has 7 nitrogen and oxygen atoms in total. The summed E-state index contributed by atoms with van der Waals surface area (Å²) in [6.45, 7) is 3.58. The molecule has 7 heteroatoms. The van der Waals surface area contributed by atoms with Gasteiger partial charge < -0.3 is 14.6 Å². The molecule has 2 aromatic carbocycles. The second kappa shape index (κ2) is 9.52. The zero-order valence-corrected chi connectivity index (χ0v) is 21.1. The molecule has 0 fully saturated rings. The molecule has 6 aromatic rings. The van der Waals surface area contributed by atoms with Crippen LogP contribution in [-0.4, -0.2) is 57.3 Å². The molecule has 6 rings (SSSR count). The van der Waals surface area contributed by atoms with E-state index in [1.54, 1.807) is 6.20 Å². The molecular weight excluding hydrogens is 460 g/mol. The van der Waals surface area contributed by atoms with Gasteiger partial charge in [0.1, 0.15) is 18.1 Å². The van der Waals surface area contributed by atoms with E-state index in [4.69, 9.17) is 4.74 Å². The van der Waals surface area contributed by atoms with Crippen molar-refractivity contribution in [1.29, 1.82) is 0 Å². The molecule has 0 radical (unpaired) electrons. The summed E-state index contributed by atoms with van der Waals surface area (Å²) in [5.74, 6) is 0.764. The van der Waals surface area contributed by atoms with Crippen molar-refractivity contribution in [1.82, 2.24) is 30.0 Å². The standard InChI is InChI=1S/C30H28N6O/c1-19-7-9-23(26-6-4-5-11-32-26)24-16-28(33-29(19)24)30-25-15-20(8-10-27(25)34-35-30)21-14-22(18-31-17-21)37-13-12-36(2)3/h4-11,14-18,33H,12-13H2,1-3H3,(H,34,35). The van der Waals surface area contributed by atoms with Crippen molar-refractivity contribution in [3.05, 3.63) is 84.8 Å². The first-order valence-corrected chi connectivity index (χ1v) is 12.3. The number of rotatable bonds is 7. The third-order valence-electron chi connectivity index (χ3n) is 6.61. The molecule has 0 amide bonds. The van der Waals surface area contributed by atoms with E-state index in [-0.39, 0.29) is 0 Å². The lowest BCUT2D eigenvalue weighted by Gasteiger charge is -2.11. The maximum absolute atomic E-state index is 5.90. The highest BCUT2D eigenvalue weighted by Gasteiger charge is 2.16. The minimum atomic E-state index is 0.614. The molecule has 37 heavy (non-hydrogen) atoms. The van der Waals surface area contributed by atoms with E-state index >= 15 is 0 Å². The Bertz CT molecular complexity index is 1700. The van der Waals surface area contributed by atoms with Crippen molar-refractivity contribution >= 4 is 21.8 Å². The van der Waals surface area contributed by atoms with E-state index in [2.05, 4.69) is 73.4 Å². The molecule has 0 atom stereocenters. The van der Waals surface area contributed by atoms with E-state index in [1.165, 1.54) is 5.56 Å². The Morgan fingerprint density at radius 2 is 1.84 bits per heavy atom. The van der Waals surface area contributed by atoms with E-state index in [0.717, 1.165) is 67.9 Å². The number of nitrogens with zero attached hydrogens (tertiary/aromatic N) is 4. The summed E-state index contributed by atoms with van der Waals surface area (Å²) in [4.78, 5) is 14.7. The summed E-state index contributed by atoms with van der Waals surface area (Å²) in [7, 11) is 4.06. The van der Waals surface area contributed by atoms with Crippen LogP contribution in [0, 0.1) is 6.92 Å². The summed E-state index contributed by atoms with van der Waals surface area (Å²) < 4.78 is 5.90. The number of ether oxygens (including phenoxy) is 1. The van der Waals surface area contributed by atoms with Gasteiger partial charge in [0.2, 0.25) is 0 Å². The number of fused-ring (bicyclic) bond motifs is 2. The topological polar surface area (TPSA) is 82.7 Å². The largest absolute Gasteiger partial charge is 0.491 e. The second-order valence-electron chi connectivity index (χ2n) is 9.51. The maximum Gasteiger partial charge on any atom is 0.138 e. The van der Waals surface area contributed by atoms with E-state index in [1.807, 2.05) is 50.8 Å². The molecule has 2 N–H and O–H groups in total. The zero-order chi connectivity index (χ0) is 25.4. The Balaban J connectivity index is 1.40. The van der Waals surface area contributed by atoms with E-state index in [0.29, 0.717) is 6.61 Å². The number of likely N-dealkylation sites (N-methyl/N-ethyl adjacent to an activating group) is 1. The van der Waals surface area contributed by atoms with Crippen LogP contribution in [0.1, 0.15) is 5.56 Å². The fraction of sp³-hybridized carbons (Fsp3) is 0.167. The number of hydrogen-bond acceptors (Lipinski definition) is 5. The first kappa shape index (κ1) is 22.9. The van der Waals surface area contributed by atoms with Gasteiger partial charge in [0, 0.05) is 46.4 Å². The molecule has 0 spiro atoms. The number of aryl methyl sites for hydroxylation is 1. The quantitative estimate of drug-likeness (QED) is 0.284. The molecule has 0 bridgehead atoms. The highest BCUT2D eigenvalue weighted by Crippen LogP contribution is 2.36. The summed E-state index contributed by atoms with van der Waals surface area (Å²) >= 11 is 0. The number of benzene rings is 2. The molecule has 0 unspecified atom stereocenters. The van der Waals surface area contributed by atoms with Crippen LogP contribution < -0.4 is 4.74 Å². The van der Waals surface area contributed by atoms with Crippen LogP contribution in [0.2, 0.25) is 0 Å². The Kier molecular flexibility index (Phi) is 5.90. The normalized spacial score (nSPS) is 11.6. The van der Waals surface area contributed by atoms with Gasteiger partial charge in [0.25, 0.3) is 0 Å². The number of hydrogen-bond donors (Lipinski definition) is 2. The highest BCUT2D eigenvalue weighted by molar-refractivity contribution is 6.02. The lowest BCUT2D eigenvalue weighted by atomic mass is 10.0. The number of pyridine rings is 2. The number of nitrogens with one attached hydrogen (secondary N) is 2. The predicted octanol–water partition coefficient (Wildman–Crippen LogP) is 6.08. The second-order valence-corrected chi connectivity index (χ2v) is 9.51. The molecular formula is C30H28N6O. The fourth-order valence-corrected chi connectivity index (χ4v) is 4.63. The third kappa shape index (κ3) is 4.45. The van der Waals surface area contributed by atoms with Crippen LogP contribution in [0.3, 0.4) is 0 Å². The van der Waals surface area contributed by atoms with Gasteiger partial charge in [-0.3, -0.25) is 15.1 Å². The minimum absolute atomic E-state index is 0.614. The van der Waals surface area contributed by atoms with Crippen LogP contribution in [0.4, 0.5) is 0 Å². The van der Waals surface area contributed by atoms with Crippen LogP contribution >= 0.6 is 0 Å². The summed E-state index contributed by atoms with van der Waals surface area (Å²) in [5, 5.41) is 10.1. The van der Waals surface area contributed by atoms with Crippen LogP contribution in [0.5, 0.6) is 5.75 Å². The molecule has 0 aliphatic heterocycles. The molecule has 4 aromatic heterocycles. The van der Waals surface area contributed by atoms with Crippen molar-refractivity contribution in [2.45, 2.75) is 6.92 Å². The summed E-state index contributed by atoms with van der Waals surface area (Å²) in [5.41, 5.74) is 9.20. The van der Waals surface area contributed by atoms with Crippen molar-refractivity contribution in [3.63, 3.8) is 0 Å². The van der Waals surface area contributed by atoms with Gasteiger partial charge in [0.15, 0.2) is 0 Å². The van der Waals surface area contributed by atoms with E-state index < -0.39 is 0 Å². The molecule has 0 aliphatic carbocycles. The van der Waals surface area contributed by atoms with Crippen LogP contribution in [0.25, 0.3) is 55.6 Å². The molecule has 4 heterocycles. The van der Waals surface area contributed by atoms with Gasteiger partial charge in [-0.2, -0.15) is 5.10 Å². The van der Waals surface area contributed by atoms with Gasteiger partial charge in [-0.1, -0.05) is 24.3 Å². The average molecular weight is 489 g/mol. The molecule has 0 saturated heterocycles. The highest BCUT2D eigenvalue weighted by atomic mass is 16.5. The average Bonchev–Trinajstić information content (AvgIpc) is 3.54. The minimum Gasteiger partial charge on any atom is -0.491 e. The first-order chi connectivity index (χ1) is 18.1. The Hall–Kier alpha value is -4.49. The number of aromatic nitrogens is 5. The lowest BCUT2D eigenvalue weighted by Crippen LogP contribution is -2.19. The number of H-pyrrole nitrogens is 2. The van der Waals surface area contributed by atoms with Gasteiger partial charge in [-0.25, -0.2) is 0 Å². The van der Waals surface area contributed by atoms with Gasteiger partial charge >= 0.3 is 0 Å². The van der Waals surface area contributed by atoms with Gasteiger partial charge in [-0.05, 0) is 68.5 Å². The lowest BCUT2D eigenvalue weighted by molar-refractivity contribution is 0.261. The monoisotopic (exact) mass is 488 g/mol. The van der Waals surface area contributed by atoms with Crippen molar-refractivity contribution in [2.75, 3.05) is 27.2 Å². The van der Waals surface area contributed by atoms with Gasteiger partial charge in [-0.15, -0.1) is 0 Å². The van der Waals surface area contributed by atoms with Crippen LogP contribution in [0.15, 0.2) is 79.3 Å². The van der Waals surface area contributed by atoms with Crippen LogP contribution in [-0.2, 0) is 0 Å².